The molecule has 2 N–H and O–H groups in total. The predicted octanol–water partition coefficient (Wildman–Crippen LogP) is 1.60. The van der Waals surface area contributed by atoms with E-state index in [-0.39, 0.29) is 30.1 Å². The highest BCUT2D eigenvalue weighted by atomic mass is 127. The highest BCUT2D eigenvalue weighted by Gasteiger charge is 2.14. The number of hydrogen-bond acceptors (Lipinski definition) is 4. The summed E-state index contributed by atoms with van der Waals surface area (Å²) >= 11 is 0. The van der Waals surface area contributed by atoms with Gasteiger partial charge in [0.2, 0.25) is 0 Å². The lowest BCUT2D eigenvalue weighted by Crippen LogP contribution is -2.47. The van der Waals surface area contributed by atoms with Gasteiger partial charge in [0, 0.05) is 20.2 Å². The van der Waals surface area contributed by atoms with Gasteiger partial charge in [0.25, 0.3) is 0 Å². The third kappa shape index (κ3) is 6.52. The normalized spacial score (nSPS) is 20.5. The molecule has 0 bridgehead atoms. The van der Waals surface area contributed by atoms with Crippen molar-refractivity contribution in [2.45, 2.75) is 33.3 Å². The fourth-order valence-corrected chi connectivity index (χ4v) is 1.36. The molecule has 16 heavy (non-hydrogen) atoms. The lowest BCUT2D eigenvalue weighted by Gasteiger charge is -2.24. The molecule has 0 amide bonds. The molecule has 0 radical (unpaired) electrons. The van der Waals surface area contributed by atoms with Crippen LogP contribution in [0.1, 0.15) is 27.2 Å². The number of aliphatic imine (C=N–C) groups is 1. The highest BCUT2D eigenvalue weighted by molar-refractivity contribution is 14.0. The predicted molar refractivity (Wildman–Crippen MR) is 78.6 cm³/mol. The third-order valence-electron chi connectivity index (χ3n) is 2.45. The maximum Gasteiger partial charge on any atom is 0.191 e. The summed E-state index contributed by atoms with van der Waals surface area (Å²) in [5.74, 6) is 0.910. The van der Waals surface area contributed by atoms with Crippen LogP contribution in [0.4, 0.5) is 0 Å². The zero-order valence-corrected chi connectivity index (χ0v) is 13.0. The second-order valence-corrected chi connectivity index (χ2v) is 5.17. The van der Waals surface area contributed by atoms with Crippen molar-refractivity contribution in [1.82, 2.24) is 10.6 Å². The van der Waals surface area contributed by atoms with Crippen LogP contribution >= 0.6 is 24.0 Å². The molecule has 0 saturated heterocycles. The van der Waals surface area contributed by atoms with Crippen LogP contribution in [0.2, 0.25) is 0 Å². The van der Waals surface area contributed by atoms with E-state index in [1.54, 1.807) is 7.11 Å². The summed E-state index contributed by atoms with van der Waals surface area (Å²) < 4.78 is 5.20. The van der Waals surface area contributed by atoms with E-state index in [4.69, 9.17) is 4.74 Å². The molecule has 0 aromatic rings. The van der Waals surface area contributed by atoms with E-state index in [2.05, 4.69) is 36.4 Å². The highest BCUT2D eigenvalue weighted by Crippen LogP contribution is 2.16. The molecule has 1 unspecified atom stereocenters. The monoisotopic (exact) mass is 341 g/mol. The first-order chi connectivity index (χ1) is 7.01. The van der Waals surface area contributed by atoms with Gasteiger partial charge in [-0.25, -0.2) is 0 Å². The van der Waals surface area contributed by atoms with Crippen LogP contribution in [0, 0.1) is 5.41 Å². The molecule has 0 spiro atoms. The molecular weight excluding hydrogens is 317 g/mol. The molecule has 1 aliphatic rings. The minimum atomic E-state index is 0. The molecule has 1 atom stereocenters. The molecule has 1 heterocycles. The van der Waals surface area contributed by atoms with Gasteiger partial charge in [-0.15, -0.1) is 24.0 Å². The van der Waals surface area contributed by atoms with Gasteiger partial charge in [0.1, 0.15) is 0 Å². The Morgan fingerprint density at radius 1 is 1.50 bits per heavy atom. The average Bonchev–Trinajstić information content (AvgIpc) is 2.17. The lowest BCUT2D eigenvalue weighted by molar-refractivity contribution is 0.109. The van der Waals surface area contributed by atoms with Gasteiger partial charge >= 0.3 is 0 Å². The smallest absolute Gasteiger partial charge is 0.191 e. The van der Waals surface area contributed by atoms with Gasteiger partial charge in [0.05, 0.1) is 12.6 Å². The summed E-state index contributed by atoms with van der Waals surface area (Å²) in [6.45, 7) is 9.29. The summed E-state index contributed by atoms with van der Waals surface area (Å²) in [4.78, 5) is 4.37. The standard InChI is InChI=1S/C11H23N3O.HI/c1-11(2,3)5-6-12-10-13-7-9(15-4)8-14-10;/h9H,5-8H2,1-4H3,(H2,12,13,14);1H. The molecule has 1 rings (SSSR count). The Hall–Kier alpha value is -0.0400. The van der Waals surface area contributed by atoms with Gasteiger partial charge in [-0.2, -0.15) is 0 Å². The zero-order chi connectivity index (χ0) is 11.3. The van der Waals surface area contributed by atoms with Gasteiger partial charge < -0.3 is 15.4 Å². The van der Waals surface area contributed by atoms with E-state index in [1.165, 1.54) is 0 Å². The second kappa shape index (κ2) is 7.32. The van der Waals surface area contributed by atoms with Crippen LogP contribution in [0.15, 0.2) is 4.99 Å². The molecule has 4 nitrogen and oxygen atoms in total. The first-order valence-electron chi connectivity index (χ1n) is 5.56. The second-order valence-electron chi connectivity index (χ2n) is 5.17. The van der Waals surface area contributed by atoms with E-state index >= 15 is 0 Å². The third-order valence-corrected chi connectivity index (χ3v) is 2.45. The molecule has 0 aromatic heterocycles. The maximum atomic E-state index is 5.20. The van der Waals surface area contributed by atoms with Crippen LogP contribution in [0.3, 0.4) is 0 Å². The van der Waals surface area contributed by atoms with Gasteiger partial charge in [-0.1, -0.05) is 20.8 Å². The molecule has 0 aliphatic carbocycles. The SMILES string of the molecule is COC1CN=C(NCCC(C)(C)C)NC1.I. The van der Waals surface area contributed by atoms with Crippen molar-refractivity contribution >= 4 is 29.9 Å². The minimum absolute atomic E-state index is 0. The molecule has 0 fully saturated rings. The van der Waals surface area contributed by atoms with Gasteiger partial charge in [0.15, 0.2) is 5.96 Å². The zero-order valence-electron chi connectivity index (χ0n) is 10.7. The van der Waals surface area contributed by atoms with Crippen LogP contribution < -0.4 is 10.6 Å². The largest absolute Gasteiger partial charge is 0.378 e. The summed E-state index contributed by atoms with van der Waals surface area (Å²) in [6.07, 6.45) is 1.36. The summed E-state index contributed by atoms with van der Waals surface area (Å²) in [6, 6.07) is 0. The van der Waals surface area contributed by atoms with Gasteiger partial charge in [-0.05, 0) is 11.8 Å². The molecule has 1 aliphatic heterocycles. The van der Waals surface area contributed by atoms with E-state index in [0.29, 0.717) is 5.41 Å². The summed E-state index contributed by atoms with van der Waals surface area (Å²) in [7, 11) is 1.72. The van der Waals surface area contributed by atoms with Crippen LogP contribution in [-0.2, 0) is 4.74 Å². The Labute approximate surface area is 116 Å². The first-order valence-corrected chi connectivity index (χ1v) is 5.56. The Morgan fingerprint density at radius 2 is 2.19 bits per heavy atom. The molecular formula is C11H24IN3O. The number of hydrogen-bond donors (Lipinski definition) is 2. The molecule has 5 heteroatoms. The van der Waals surface area contributed by atoms with Crippen LogP contribution in [-0.4, -0.2) is 38.8 Å². The lowest BCUT2D eigenvalue weighted by atomic mass is 9.92. The van der Waals surface area contributed by atoms with Crippen molar-refractivity contribution in [3.8, 4) is 0 Å². The van der Waals surface area contributed by atoms with E-state index in [0.717, 1.165) is 32.0 Å². The Morgan fingerprint density at radius 3 is 2.62 bits per heavy atom. The first kappa shape index (κ1) is 16.0. The maximum absolute atomic E-state index is 5.20. The van der Waals surface area contributed by atoms with Gasteiger partial charge in [-0.3, -0.25) is 4.99 Å². The van der Waals surface area contributed by atoms with Crippen molar-refractivity contribution < 1.29 is 4.74 Å². The van der Waals surface area contributed by atoms with Crippen molar-refractivity contribution in [1.29, 1.82) is 0 Å². The number of ether oxygens (including phenoxy) is 1. The van der Waals surface area contributed by atoms with E-state index in [9.17, 15) is 0 Å². The number of methoxy groups -OCH3 is 1. The number of nitrogens with one attached hydrogen (secondary N) is 2. The van der Waals surface area contributed by atoms with Crippen LogP contribution in [0.5, 0.6) is 0 Å². The Kier molecular flexibility index (Phi) is 7.30. The van der Waals surface area contributed by atoms with Crippen LogP contribution in [0.25, 0.3) is 0 Å². The fraction of sp³-hybridized carbons (Fsp3) is 0.909. The van der Waals surface area contributed by atoms with Crippen molar-refractivity contribution in [3.05, 3.63) is 0 Å². The Balaban J connectivity index is 0.00000225. The topological polar surface area (TPSA) is 45.6 Å². The fourth-order valence-electron chi connectivity index (χ4n) is 1.36. The average molecular weight is 341 g/mol. The number of nitrogens with zero attached hydrogens (tertiary/aromatic N) is 1. The minimum Gasteiger partial charge on any atom is -0.378 e. The van der Waals surface area contributed by atoms with E-state index in [1.807, 2.05) is 0 Å². The number of rotatable bonds is 3. The summed E-state index contributed by atoms with van der Waals surface area (Å²) in [5, 5.41) is 6.53. The molecule has 0 saturated carbocycles. The number of guanidine groups is 1. The molecule has 0 aromatic carbocycles. The molecule has 96 valence electrons. The number of halogens is 1. The Bertz CT molecular complexity index is 226. The van der Waals surface area contributed by atoms with Crippen molar-refractivity contribution in [2.24, 2.45) is 10.4 Å². The van der Waals surface area contributed by atoms with E-state index < -0.39 is 0 Å². The quantitative estimate of drug-likeness (QED) is 0.767. The van der Waals surface area contributed by atoms with Crippen molar-refractivity contribution in [2.75, 3.05) is 26.7 Å². The summed E-state index contributed by atoms with van der Waals surface area (Å²) in [5.41, 5.74) is 0.372. The van der Waals surface area contributed by atoms with Crippen molar-refractivity contribution in [3.63, 3.8) is 0 Å².